The number of benzene rings is 1. The number of aromatic nitrogens is 2. The lowest BCUT2D eigenvalue weighted by molar-refractivity contribution is -0.152. The number of ether oxygens (including phenoxy) is 1. The first kappa shape index (κ1) is 20.3. The summed E-state index contributed by atoms with van der Waals surface area (Å²) in [4.78, 5) is 25.1. The lowest BCUT2D eigenvalue weighted by Crippen LogP contribution is -2.30. The summed E-state index contributed by atoms with van der Waals surface area (Å²) in [6.45, 7) is 5.22. The van der Waals surface area contributed by atoms with Crippen molar-refractivity contribution in [2.24, 2.45) is 7.05 Å². The molecule has 0 aliphatic rings. The van der Waals surface area contributed by atoms with Crippen LogP contribution in [0, 0.1) is 13.8 Å². The maximum atomic E-state index is 12.3. The number of hydrogen-bond acceptors (Lipinski definition) is 5. The lowest BCUT2D eigenvalue weighted by atomic mass is 10.3. The Kier molecular flexibility index (Phi) is 7.11. The van der Waals surface area contributed by atoms with Crippen molar-refractivity contribution >= 4 is 40.9 Å². The molecule has 0 bridgehead atoms. The Bertz CT molecular complexity index is 807. The molecule has 1 unspecified atom stereocenters. The van der Waals surface area contributed by atoms with Crippen LogP contribution in [0.15, 0.2) is 29.2 Å². The smallest absolute Gasteiger partial charge is 0.307 e. The van der Waals surface area contributed by atoms with Crippen LogP contribution in [0.2, 0.25) is 5.02 Å². The Hall–Kier alpha value is -1.99. The Morgan fingerprint density at radius 3 is 2.65 bits per heavy atom. The molecule has 0 radical (unpaired) electrons. The van der Waals surface area contributed by atoms with Gasteiger partial charge in [-0.25, -0.2) is 0 Å². The zero-order valence-electron chi connectivity index (χ0n) is 15.2. The highest BCUT2D eigenvalue weighted by atomic mass is 35.5. The summed E-state index contributed by atoms with van der Waals surface area (Å²) in [5, 5.41) is 7.67. The Labute approximate surface area is 162 Å². The van der Waals surface area contributed by atoms with Crippen LogP contribution < -0.4 is 5.32 Å². The van der Waals surface area contributed by atoms with Gasteiger partial charge in [0.1, 0.15) is 0 Å². The van der Waals surface area contributed by atoms with Crippen molar-refractivity contribution in [2.45, 2.75) is 38.2 Å². The first-order valence-corrected chi connectivity index (χ1v) is 9.53. The predicted octanol–water partition coefficient (Wildman–Crippen LogP) is 3.74. The second-order valence-electron chi connectivity index (χ2n) is 5.82. The zero-order chi connectivity index (χ0) is 19.3. The molecule has 140 valence electrons. The highest BCUT2D eigenvalue weighted by Crippen LogP contribution is 2.27. The quantitative estimate of drug-likeness (QED) is 0.571. The summed E-state index contributed by atoms with van der Waals surface area (Å²) < 4.78 is 6.90. The molecule has 0 saturated carbocycles. The van der Waals surface area contributed by atoms with E-state index in [0.29, 0.717) is 22.2 Å². The van der Waals surface area contributed by atoms with Gasteiger partial charge < -0.3 is 10.1 Å². The van der Waals surface area contributed by atoms with E-state index < -0.39 is 12.1 Å². The SMILES string of the molecule is Cc1nn(C)c(C)c1NC(=O)C(C)OC(=O)CCSc1ccccc1Cl. The van der Waals surface area contributed by atoms with Gasteiger partial charge >= 0.3 is 5.97 Å². The summed E-state index contributed by atoms with van der Waals surface area (Å²) in [6.07, 6.45) is -0.690. The van der Waals surface area contributed by atoms with E-state index in [1.807, 2.05) is 32.0 Å². The Balaban J connectivity index is 1.80. The van der Waals surface area contributed by atoms with E-state index in [1.54, 1.807) is 24.7 Å². The largest absolute Gasteiger partial charge is 0.453 e. The number of amides is 1. The molecule has 0 saturated heterocycles. The van der Waals surface area contributed by atoms with Crippen molar-refractivity contribution in [3.05, 3.63) is 40.7 Å². The monoisotopic (exact) mass is 395 g/mol. The molecule has 6 nitrogen and oxygen atoms in total. The molecule has 2 rings (SSSR count). The molecule has 0 aliphatic carbocycles. The third-order valence-corrected chi connectivity index (χ3v) is 5.35. The summed E-state index contributed by atoms with van der Waals surface area (Å²) in [7, 11) is 1.80. The maximum absolute atomic E-state index is 12.3. The van der Waals surface area contributed by atoms with Gasteiger partial charge in [0.05, 0.1) is 28.5 Å². The van der Waals surface area contributed by atoms with Crippen molar-refractivity contribution < 1.29 is 14.3 Å². The minimum Gasteiger partial charge on any atom is -0.453 e. The summed E-state index contributed by atoms with van der Waals surface area (Å²) in [5.74, 6) is -0.277. The number of esters is 1. The predicted molar refractivity (Wildman–Crippen MR) is 104 cm³/mol. The average Bonchev–Trinajstić information content (AvgIpc) is 2.82. The summed E-state index contributed by atoms with van der Waals surface area (Å²) in [5.41, 5.74) is 2.20. The zero-order valence-corrected chi connectivity index (χ0v) is 16.8. The number of carbonyl (C=O) groups is 2. The summed E-state index contributed by atoms with van der Waals surface area (Å²) in [6, 6.07) is 7.44. The molecule has 26 heavy (non-hydrogen) atoms. The van der Waals surface area contributed by atoms with Crippen LogP contribution >= 0.6 is 23.4 Å². The highest BCUT2D eigenvalue weighted by Gasteiger charge is 2.20. The second-order valence-corrected chi connectivity index (χ2v) is 7.36. The van der Waals surface area contributed by atoms with Gasteiger partial charge in [-0.05, 0) is 32.9 Å². The maximum Gasteiger partial charge on any atom is 0.307 e. The molecule has 1 N–H and O–H groups in total. The van der Waals surface area contributed by atoms with Crippen LogP contribution in [-0.4, -0.2) is 33.5 Å². The third-order valence-electron chi connectivity index (χ3n) is 3.84. The van der Waals surface area contributed by atoms with E-state index >= 15 is 0 Å². The number of anilines is 1. The topological polar surface area (TPSA) is 73.2 Å². The van der Waals surface area contributed by atoms with Crippen molar-refractivity contribution in [2.75, 3.05) is 11.1 Å². The van der Waals surface area contributed by atoms with Crippen molar-refractivity contribution in [1.82, 2.24) is 9.78 Å². The van der Waals surface area contributed by atoms with E-state index in [2.05, 4.69) is 10.4 Å². The van der Waals surface area contributed by atoms with E-state index in [1.165, 1.54) is 11.8 Å². The Morgan fingerprint density at radius 2 is 2.04 bits per heavy atom. The molecule has 1 amide bonds. The molecule has 0 spiro atoms. The third kappa shape index (κ3) is 5.25. The molecule has 2 aromatic rings. The normalized spacial score (nSPS) is 11.9. The molecule has 1 aromatic carbocycles. The number of thioether (sulfide) groups is 1. The van der Waals surface area contributed by atoms with Crippen LogP contribution in [0.4, 0.5) is 5.69 Å². The van der Waals surface area contributed by atoms with Gasteiger partial charge in [-0.2, -0.15) is 5.10 Å². The molecule has 0 aliphatic heterocycles. The van der Waals surface area contributed by atoms with E-state index in [4.69, 9.17) is 16.3 Å². The number of aryl methyl sites for hydroxylation is 2. The fourth-order valence-electron chi connectivity index (χ4n) is 2.30. The number of nitrogens with zero attached hydrogens (tertiary/aromatic N) is 2. The van der Waals surface area contributed by atoms with Crippen molar-refractivity contribution in [3.8, 4) is 0 Å². The minimum absolute atomic E-state index is 0.193. The van der Waals surface area contributed by atoms with Crippen molar-refractivity contribution in [1.29, 1.82) is 0 Å². The first-order chi connectivity index (χ1) is 12.3. The van der Waals surface area contributed by atoms with Gasteiger partial charge in [-0.1, -0.05) is 23.7 Å². The average molecular weight is 396 g/mol. The van der Waals surface area contributed by atoms with Crippen LogP contribution in [0.5, 0.6) is 0 Å². The number of rotatable bonds is 7. The number of hydrogen-bond donors (Lipinski definition) is 1. The number of nitrogens with one attached hydrogen (secondary N) is 1. The molecule has 1 aromatic heterocycles. The van der Waals surface area contributed by atoms with Crippen LogP contribution in [0.3, 0.4) is 0 Å². The lowest BCUT2D eigenvalue weighted by Gasteiger charge is -2.14. The van der Waals surface area contributed by atoms with Crippen LogP contribution in [0.25, 0.3) is 0 Å². The second kappa shape index (κ2) is 9.09. The molecule has 8 heteroatoms. The van der Waals surface area contributed by atoms with Gasteiger partial charge in [-0.15, -0.1) is 11.8 Å². The molecule has 0 fully saturated rings. The van der Waals surface area contributed by atoms with Gasteiger partial charge in [0, 0.05) is 17.7 Å². The van der Waals surface area contributed by atoms with Gasteiger partial charge in [-0.3, -0.25) is 14.3 Å². The van der Waals surface area contributed by atoms with Crippen molar-refractivity contribution in [3.63, 3.8) is 0 Å². The van der Waals surface area contributed by atoms with Gasteiger partial charge in [0.2, 0.25) is 0 Å². The molecular weight excluding hydrogens is 374 g/mol. The highest BCUT2D eigenvalue weighted by molar-refractivity contribution is 7.99. The molecule has 1 atom stereocenters. The van der Waals surface area contributed by atoms with Crippen LogP contribution in [-0.2, 0) is 21.4 Å². The molecular formula is C18H22ClN3O3S. The van der Waals surface area contributed by atoms with Gasteiger partial charge in [0.15, 0.2) is 6.10 Å². The number of carbonyl (C=O) groups excluding carboxylic acids is 2. The Morgan fingerprint density at radius 1 is 1.35 bits per heavy atom. The first-order valence-electron chi connectivity index (χ1n) is 8.17. The standard InChI is InChI=1S/C18H22ClN3O3S/c1-11-17(12(2)22(4)21-11)20-18(24)13(3)25-16(23)9-10-26-15-8-6-5-7-14(15)19/h5-8,13H,9-10H2,1-4H3,(H,20,24). The minimum atomic E-state index is -0.883. The van der Waals surface area contributed by atoms with E-state index in [9.17, 15) is 9.59 Å². The molecule has 1 heterocycles. The summed E-state index contributed by atoms with van der Waals surface area (Å²) >= 11 is 7.55. The fraction of sp³-hybridized carbons (Fsp3) is 0.389. The van der Waals surface area contributed by atoms with Crippen LogP contribution in [0.1, 0.15) is 24.7 Å². The van der Waals surface area contributed by atoms with E-state index in [-0.39, 0.29) is 12.3 Å². The number of halogens is 1. The van der Waals surface area contributed by atoms with Gasteiger partial charge in [0.25, 0.3) is 5.91 Å². The fourth-order valence-corrected chi connectivity index (χ4v) is 3.46. The van der Waals surface area contributed by atoms with E-state index in [0.717, 1.165) is 10.6 Å².